The molecule has 0 unspecified atom stereocenters. The maximum Gasteiger partial charge on any atom is 0.350 e. The van der Waals surface area contributed by atoms with Crippen LogP contribution in [-0.4, -0.2) is 20.9 Å². The van der Waals surface area contributed by atoms with E-state index < -0.39 is 11.2 Å². The van der Waals surface area contributed by atoms with Crippen molar-refractivity contribution in [3.8, 4) is 0 Å². The summed E-state index contributed by atoms with van der Waals surface area (Å²) < 4.78 is 1.80. The second kappa shape index (κ2) is 8.83. The van der Waals surface area contributed by atoms with Gasteiger partial charge < -0.3 is 9.97 Å². The van der Waals surface area contributed by atoms with Crippen LogP contribution in [0.4, 0.5) is 0 Å². The zero-order chi connectivity index (χ0) is 22.1. The summed E-state index contributed by atoms with van der Waals surface area (Å²) in [5, 5.41) is 5.09. The molecular weight excluding hydrogens is 456 g/mol. The van der Waals surface area contributed by atoms with Gasteiger partial charge in [-0.3, -0.25) is 4.79 Å². The van der Waals surface area contributed by atoms with Gasteiger partial charge in [0.25, 0.3) is 0 Å². The average molecular weight is 483 g/mol. The molecule has 0 bridgehead atoms. The number of H-pyrrole nitrogens is 2. The summed E-state index contributed by atoms with van der Waals surface area (Å²) in [5.74, 6) is 0.618. The molecule has 2 aromatic heterocycles. The topological polar surface area (TPSA) is 83.0 Å². The van der Waals surface area contributed by atoms with Crippen LogP contribution in [0.1, 0.15) is 46.5 Å². The van der Waals surface area contributed by atoms with Gasteiger partial charge in [0.15, 0.2) is 0 Å². The van der Waals surface area contributed by atoms with Crippen LogP contribution >= 0.6 is 15.9 Å². The molecule has 31 heavy (non-hydrogen) atoms. The Balaban J connectivity index is 1.59. The van der Waals surface area contributed by atoms with Crippen LogP contribution in [0, 0.1) is 11.8 Å². The van der Waals surface area contributed by atoms with Gasteiger partial charge in [-0.1, -0.05) is 46.2 Å². The number of nitrogens with one attached hydrogen (secondary N) is 2. The van der Waals surface area contributed by atoms with Crippen molar-refractivity contribution in [1.29, 1.82) is 0 Å². The first-order chi connectivity index (χ1) is 14.8. The van der Waals surface area contributed by atoms with Crippen LogP contribution in [0.2, 0.25) is 0 Å². The van der Waals surface area contributed by atoms with Crippen molar-refractivity contribution in [2.45, 2.75) is 46.5 Å². The van der Waals surface area contributed by atoms with Gasteiger partial charge in [-0.05, 0) is 63.6 Å². The minimum absolute atomic E-state index is 0.202. The zero-order valence-electron chi connectivity index (χ0n) is 18.0. The van der Waals surface area contributed by atoms with E-state index in [0.717, 1.165) is 45.7 Å². The average Bonchev–Trinajstić information content (AvgIpc) is 3.07. The highest BCUT2D eigenvalue weighted by molar-refractivity contribution is 9.10. The molecule has 4 rings (SSSR count). The summed E-state index contributed by atoms with van der Waals surface area (Å²) in [5.41, 5.74) is 3.51. The van der Waals surface area contributed by atoms with Crippen molar-refractivity contribution in [2.75, 3.05) is 0 Å². The van der Waals surface area contributed by atoms with E-state index in [2.05, 4.69) is 63.9 Å². The highest BCUT2D eigenvalue weighted by atomic mass is 79.9. The van der Waals surface area contributed by atoms with Gasteiger partial charge in [-0.25, -0.2) is 4.79 Å². The molecule has 162 valence electrons. The SMILES string of the molecule is CC(C)=CCCC1=CC[C@H](/C=N\n2c(=O)[nH]c3c([nH]c4ccc(Br)cc43)c2=O)[C@@H](C)C1. The number of fused-ring (bicyclic) bond motifs is 3. The number of rotatable bonds is 5. The van der Waals surface area contributed by atoms with Gasteiger partial charge in [0.05, 0.1) is 5.52 Å². The van der Waals surface area contributed by atoms with Crippen molar-refractivity contribution in [2.24, 2.45) is 16.9 Å². The Kier molecular flexibility index (Phi) is 6.14. The standard InChI is InChI=1S/C24H27BrN4O2/c1-14(2)5-4-6-16-7-8-17(15(3)11-16)13-26-29-23(30)22-21(28-24(29)31)19-12-18(25)9-10-20(19)27-22/h5,7,9-10,12-13,15,17,27H,4,6,8,11H2,1-3H3,(H,28,31)/b26-13-/t15-,17+/m0/s1. The van der Waals surface area contributed by atoms with E-state index in [9.17, 15) is 9.59 Å². The third kappa shape index (κ3) is 4.51. The molecule has 0 spiro atoms. The highest BCUT2D eigenvalue weighted by Gasteiger charge is 2.21. The van der Waals surface area contributed by atoms with E-state index in [1.807, 2.05) is 18.2 Å². The lowest BCUT2D eigenvalue weighted by atomic mass is 9.80. The number of halogens is 1. The summed E-state index contributed by atoms with van der Waals surface area (Å²) in [6.07, 6.45) is 10.4. The number of nitrogens with zero attached hydrogens (tertiary/aromatic N) is 2. The smallest absolute Gasteiger partial charge is 0.349 e. The van der Waals surface area contributed by atoms with Gasteiger partial charge in [0, 0.05) is 27.5 Å². The molecule has 2 atom stereocenters. The Bertz CT molecular complexity index is 1340. The molecule has 1 aliphatic rings. The number of aromatic nitrogens is 3. The van der Waals surface area contributed by atoms with Crippen molar-refractivity contribution >= 4 is 44.1 Å². The van der Waals surface area contributed by atoms with Crippen LogP contribution < -0.4 is 11.2 Å². The maximum absolute atomic E-state index is 13.0. The van der Waals surface area contributed by atoms with Crippen molar-refractivity contribution in [3.63, 3.8) is 0 Å². The van der Waals surface area contributed by atoms with Crippen LogP contribution in [0.25, 0.3) is 21.9 Å². The molecule has 2 heterocycles. The zero-order valence-corrected chi connectivity index (χ0v) is 19.6. The van der Waals surface area contributed by atoms with E-state index in [1.165, 1.54) is 11.1 Å². The van der Waals surface area contributed by atoms with Crippen LogP contribution in [0.5, 0.6) is 0 Å². The van der Waals surface area contributed by atoms with Crippen molar-refractivity contribution in [1.82, 2.24) is 14.6 Å². The van der Waals surface area contributed by atoms with Crippen molar-refractivity contribution in [3.05, 3.63) is 66.8 Å². The summed E-state index contributed by atoms with van der Waals surface area (Å²) in [6.45, 7) is 6.45. The molecule has 0 radical (unpaired) electrons. The Labute approximate surface area is 188 Å². The molecule has 0 saturated heterocycles. The van der Waals surface area contributed by atoms with E-state index in [-0.39, 0.29) is 5.92 Å². The minimum Gasteiger partial charge on any atom is -0.349 e. The van der Waals surface area contributed by atoms with E-state index in [0.29, 0.717) is 17.0 Å². The lowest BCUT2D eigenvalue weighted by Gasteiger charge is -2.25. The van der Waals surface area contributed by atoms with Crippen LogP contribution in [-0.2, 0) is 0 Å². The molecule has 0 saturated carbocycles. The van der Waals surface area contributed by atoms with E-state index in [4.69, 9.17) is 0 Å². The normalized spacial score (nSPS) is 19.3. The molecule has 1 aliphatic carbocycles. The van der Waals surface area contributed by atoms with E-state index in [1.54, 1.807) is 6.21 Å². The monoisotopic (exact) mass is 482 g/mol. The van der Waals surface area contributed by atoms with E-state index >= 15 is 0 Å². The quantitative estimate of drug-likeness (QED) is 0.372. The second-order valence-electron chi connectivity index (χ2n) is 8.64. The molecular formula is C24H27BrN4O2. The molecule has 0 amide bonds. The second-order valence-corrected chi connectivity index (χ2v) is 9.56. The highest BCUT2D eigenvalue weighted by Crippen LogP contribution is 2.30. The summed E-state index contributed by atoms with van der Waals surface area (Å²) in [6, 6.07) is 5.64. The first kappa shape index (κ1) is 21.6. The Morgan fingerprint density at radius 3 is 2.81 bits per heavy atom. The molecule has 0 aliphatic heterocycles. The molecule has 1 aromatic carbocycles. The molecule has 0 fully saturated rings. The Morgan fingerprint density at radius 2 is 2.06 bits per heavy atom. The van der Waals surface area contributed by atoms with Crippen molar-refractivity contribution < 1.29 is 0 Å². The lowest BCUT2D eigenvalue weighted by Crippen LogP contribution is -2.32. The largest absolute Gasteiger partial charge is 0.350 e. The van der Waals surface area contributed by atoms with Gasteiger partial charge in [-0.2, -0.15) is 5.10 Å². The Morgan fingerprint density at radius 1 is 1.26 bits per heavy atom. The molecule has 3 aromatic rings. The predicted molar refractivity (Wildman–Crippen MR) is 131 cm³/mol. The third-order valence-corrected chi connectivity index (χ3v) is 6.47. The summed E-state index contributed by atoms with van der Waals surface area (Å²) in [4.78, 5) is 31.5. The molecule has 7 heteroatoms. The number of benzene rings is 1. The fourth-order valence-corrected chi connectivity index (χ4v) is 4.57. The van der Waals surface area contributed by atoms with Gasteiger partial charge in [0.2, 0.25) is 0 Å². The molecule has 6 nitrogen and oxygen atoms in total. The van der Waals surface area contributed by atoms with Gasteiger partial charge in [0.1, 0.15) is 5.52 Å². The number of aromatic amines is 2. The summed E-state index contributed by atoms with van der Waals surface area (Å²) >= 11 is 3.43. The minimum atomic E-state index is -0.531. The van der Waals surface area contributed by atoms with Crippen LogP contribution in [0.3, 0.4) is 0 Å². The number of hydrogen-bond donors (Lipinski definition) is 2. The summed E-state index contributed by atoms with van der Waals surface area (Å²) in [7, 11) is 0. The van der Waals surface area contributed by atoms with Gasteiger partial charge in [-0.15, -0.1) is 4.68 Å². The fourth-order valence-electron chi connectivity index (χ4n) is 4.21. The first-order valence-corrected chi connectivity index (χ1v) is 11.4. The predicted octanol–water partition coefficient (Wildman–Crippen LogP) is 5.49. The van der Waals surface area contributed by atoms with Crippen LogP contribution in [0.15, 0.2) is 60.7 Å². The maximum atomic E-state index is 13.0. The fraction of sp³-hybridized carbons (Fsp3) is 0.375. The van der Waals surface area contributed by atoms with Gasteiger partial charge >= 0.3 is 11.2 Å². The molecule has 2 N–H and O–H groups in total. The first-order valence-electron chi connectivity index (χ1n) is 10.7. The number of allylic oxidation sites excluding steroid dienone is 4. The third-order valence-electron chi connectivity index (χ3n) is 5.98. The number of hydrogen-bond acceptors (Lipinski definition) is 3. The lowest BCUT2D eigenvalue weighted by molar-refractivity contribution is 0.429. The Hall–Kier alpha value is -2.67.